The molecule has 0 radical (unpaired) electrons. The van der Waals surface area contributed by atoms with Gasteiger partial charge in [-0.25, -0.2) is 0 Å². The maximum absolute atomic E-state index is 2.88. The Bertz CT molecular complexity index is 838. The predicted octanol–water partition coefficient (Wildman–Crippen LogP) is 5.45. The number of nitrogens with zero attached hydrogens (tertiary/aromatic N) is 1. The molecule has 0 N–H and O–H groups in total. The van der Waals surface area contributed by atoms with E-state index < -0.39 is 0 Å². The van der Waals surface area contributed by atoms with Crippen LogP contribution in [0.15, 0.2) is 48.5 Å². The second-order valence-corrected chi connectivity index (χ2v) is 9.40. The van der Waals surface area contributed by atoms with Gasteiger partial charge in [0, 0.05) is 36.4 Å². The molecule has 1 heteroatoms. The zero-order valence-corrected chi connectivity index (χ0v) is 15.8. The largest absolute Gasteiger partial charge is 0.299 e. The molecule has 4 atom stereocenters. The highest BCUT2D eigenvalue weighted by Gasteiger charge is 2.58. The zero-order valence-electron chi connectivity index (χ0n) is 15.8. The van der Waals surface area contributed by atoms with Crippen molar-refractivity contribution in [1.29, 1.82) is 0 Å². The first-order valence-electron chi connectivity index (χ1n) is 10.7. The molecule has 2 bridgehead atoms. The van der Waals surface area contributed by atoms with Crippen molar-refractivity contribution in [3.05, 3.63) is 70.8 Å². The van der Waals surface area contributed by atoms with Gasteiger partial charge in [0.25, 0.3) is 0 Å². The Labute approximate surface area is 157 Å². The van der Waals surface area contributed by atoms with Gasteiger partial charge in [0.2, 0.25) is 0 Å². The van der Waals surface area contributed by atoms with E-state index in [4.69, 9.17) is 0 Å². The lowest BCUT2D eigenvalue weighted by Gasteiger charge is -2.37. The van der Waals surface area contributed by atoms with Crippen LogP contribution in [0.2, 0.25) is 0 Å². The Morgan fingerprint density at radius 1 is 0.923 bits per heavy atom. The molecule has 3 aliphatic carbocycles. The smallest absolute Gasteiger partial charge is 0.0173 e. The summed E-state index contributed by atoms with van der Waals surface area (Å²) in [6.07, 6.45) is 7.13. The van der Waals surface area contributed by atoms with Crippen LogP contribution in [-0.4, -0.2) is 24.0 Å². The highest BCUT2D eigenvalue weighted by atomic mass is 15.2. The maximum Gasteiger partial charge on any atom is 0.0173 e. The molecule has 1 saturated carbocycles. The Balaban J connectivity index is 1.47. The molecule has 6 rings (SSSR count). The number of benzene rings is 2. The van der Waals surface area contributed by atoms with Gasteiger partial charge in [0.1, 0.15) is 0 Å². The number of hydrogen-bond acceptors (Lipinski definition) is 1. The van der Waals surface area contributed by atoms with Gasteiger partial charge in [-0.1, -0.05) is 61.4 Å². The van der Waals surface area contributed by atoms with Crippen LogP contribution in [0.4, 0.5) is 0 Å². The van der Waals surface area contributed by atoms with Crippen LogP contribution in [0, 0.1) is 5.92 Å². The van der Waals surface area contributed by atoms with Gasteiger partial charge in [0.05, 0.1) is 0 Å². The third-order valence-corrected chi connectivity index (χ3v) is 8.42. The summed E-state index contributed by atoms with van der Waals surface area (Å²) in [6, 6.07) is 19.5. The summed E-state index contributed by atoms with van der Waals surface area (Å²) in [6.45, 7) is 5.06. The van der Waals surface area contributed by atoms with Gasteiger partial charge in [-0.15, -0.1) is 0 Å². The van der Waals surface area contributed by atoms with Gasteiger partial charge >= 0.3 is 0 Å². The number of hydrogen-bond donors (Lipinski definition) is 0. The van der Waals surface area contributed by atoms with Gasteiger partial charge in [-0.05, 0) is 54.4 Å². The molecule has 0 aromatic heterocycles. The molecule has 1 saturated heterocycles. The van der Waals surface area contributed by atoms with Crippen LogP contribution < -0.4 is 0 Å². The molecule has 26 heavy (non-hydrogen) atoms. The molecule has 1 spiro atoms. The number of fused-ring (bicyclic) bond motifs is 3. The first kappa shape index (κ1) is 15.5. The van der Waals surface area contributed by atoms with Gasteiger partial charge in [0.15, 0.2) is 0 Å². The molecule has 4 aliphatic rings. The molecule has 2 fully saturated rings. The lowest BCUT2D eigenvalue weighted by Crippen LogP contribution is -2.39. The fraction of sp³-hybridized carbons (Fsp3) is 0.520. The molecule has 134 valence electrons. The van der Waals surface area contributed by atoms with Gasteiger partial charge in [-0.2, -0.15) is 0 Å². The van der Waals surface area contributed by atoms with Crippen molar-refractivity contribution in [2.45, 2.75) is 62.3 Å². The Kier molecular flexibility index (Phi) is 3.24. The second kappa shape index (κ2) is 5.45. The number of rotatable bonds is 2. The summed E-state index contributed by atoms with van der Waals surface area (Å²) < 4.78 is 0. The lowest BCUT2D eigenvalue weighted by molar-refractivity contribution is 0.179. The lowest BCUT2D eigenvalue weighted by atomic mass is 9.65. The minimum absolute atomic E-state index is 0.364. The topological polar surface area (TPSA) is 3.24 Å². The van der Waals surface area contributed by atoms with E-state index in [-0.39, 0.29) is 0 Å². The highest BCUT2D eigenvalue weighted by Crippen LogP contribution is 2.63. The predicted molar refractivity (Wildman–Crippen MR) is 107 cm³/mol. The van der Waals surface area contributed by atoms with Crippen molar-refractivity contribution < 1.29 is 0 Å². The fourth-order valence-corrected chi connectivity index (χ4v) is 7.13. The second-order valence-electron chi connectivity index (χ2n) is 9.40. The third kappa shape index (κ3) is 1.90. The Hall–Kier alpha value is -1.60. The first-order valence-corrected chi connectivity index (χ1v) is 10.7. The molecule has 2 aromatic rings. The van der Waals surface area contributed by atoms with E-state index in [0.29, 0.717) is 17.3 Å². The van der Waals surface area contributed by atoms with E-state index >= 15 is 0 Å². The summed E-state index contributed by atoms with van der Waals surface area (Å²) >= 11 is 0. The molecule has 1 aliphatic heterocycles. The van der Waals surface area contributed by atoms with Crippen LogP contribution in [-0.2, 0) is 5.41 Å². The van der Waals surface area contributed by atoms with Crippen molar-refractivity contribution >= 4 is 0 Å². The minimum Gasteiger partial charge on any atom is -0.299 e. The van der Waals surface area contributed by atoms with Crippen LogP contribution >= 0.6 is 0 Å². The minimum atomic E-state index is 0.364. The van der Waals surface area contributed by atoms with Crippen molar-refractivity contribution in [3.63, 3.8) is 0 Å². The SMILES string of the molecule is CC(C1CCCC1)N1CC2c3ccccc3C3CC2(C1)c1ccccc13. The molecular formula is C25H29N. The summed E-state index contributed by atoms with van der Waals surface area (Å²) in [7, 11) is 0. The van der Waals surface area contributed by atoms with Crippen LogP contribution in [0.25, 0.3) is 0 Å². The summed E-state index contributed by atoms with van der Waals surface area (Å²) in [4.78, 5) is 2.88. The molecule has 1 heterocycles. The molecule has 4 unspecified atom stereocenters. The average molecular weight is 344 g/mol. The first-order chi connectivity index (χ1) is 12.8. The summed E-state index contributed by atoms with van der Waals surface area (Å²) in [5.41, 5.74) is 6.93. The van der Waals surface area contributed by atoms with Gasteiger partial charge < -0.3 is 0 Å². The standard InChI is InChI=1S/C25H29N/c1-17(18-8-2-3-9-18)26-15-24-20-11-5-4-10-19(20)22-14-25(24,16-26)23-13-7-6-12-21(22)23/h4-7,10-13,17-18,22,24H,2-3,8-9,14-16H2,1H3. The Morgan fingerprint density at radius 2 is 1.62 bits per heavy atom. The van der Waals surface area contributed by atoms with E-state index in [1.54, 1.807) is 22.3 Å². The average Bonchev–Trinajstić information content (AvgIpc) is 3.41. The van der Waals surface area contributed by atoms with E-state index in [2.05, 4.69) is 60.4 Å². The van der Waals surface area contributed by atoms with E-state index in [1.165, 1.54) is 45.2 Å². The third-order valence-electron chi connectivity index (χ3n) is 8.42. The van der Waals surface area contributed by atoms with Crippen molar-refractivity contribution in [2.75, 3.05) is 13.1 Å². The summed E-state index contributed by atoms with van der Waals surface area (Å²) in [5.74, 6) is 2.23. The van der Waals surface area contributed by atoms with Crippen LogP contribution in [0.3, 0.4) is 0 Å². The normalized spacial score (nSPS) is 33.7. The van der Waals surface area contributed by atoms with E-state index in [0.717, 1.165) is 12.0 Å². The summed E-state index contributed by atoms with van der Waals surface area (Å²) in [5, 5.41) is 0. The van der Waals surface area contributed by atoms with E-state index in [1.807, 2.05) is 0 Å². The Morgan fingerprint density at radius 3 is 2.42 bits per heavy atom. The highest BCUT2D eigenvalue weighted by molar-refractivity contribution is 5.58. The van der Waals surface area contributed by atoms with Crippen molar-refractivity contribution in [2.24, 2.45) is 5.92 Å². The molecular weight excluding hydrogens is 314 g/mol. The maximum atomic E-state index is 2.88. The monoisotopic (exact) mass is 343 g/mol. The number of likely N-dealkylation sites (tertiary alicyclic amines) is 1. The molecule has 1 nitrogen and oxygen atoms in total. The quantitative estimate of drug-likeness (QED) is 0.701. The van der Waals surface area contributed by atoms with Crippen molar-refractivity contribution in [3.8, 4) is 0 Å². The van der Waals surface area contributed by atoms with Crippen LogP contribution in [0.5, 0.6) is 0 Å². The zero-order chi connectivity index (χ0) is 17.3. The molecule has 0 amide bonds. The van der Waals surface area contributed by atoms with Gasteiger partial charge in [-0.3, -0.25) is 4.90 Å². The molecule has 2 aromatic carbocycles. The van der Waals surface area contributed by atoms with Crippen molar-refractivity contribution in [1.82, 2.24) is 4.90 Å². The van der Waals surface area contributed by atoms with E-state index in [9.17, 15) is 0 Å². The van der Waals surface area contributed by atoms with Crippen LogP contribution in [0.1, 0.15) is 73.1 Å². The fourth-order valence-electron chi connectivity index (χ4n) is 7.13.